The molecule has 0 N–H and O–H groups in total. The smallest absolute Gasteiger partial charge is 0.220 e. The number of amides is 1. The Morgan fingerprint density at radius 3 is 2.78 bits per heavy atom. The van der Waals surface area contributed by atoms with E-state index < -0.39 is 0 Å². The minimum absolute atomic E-state index is 0.0209. The van der Waals surface area contributed by atoms with E-state index in [0.717, 1.165) is 29.4 Å². The van der Waals surface area contributed by atoms with E-state index in [4.69, 9.17) is 9.47 Å². The number of benzene rings is 1. The second-order valence-electron chi connectivity index (χ2n) is 4.04. The van der Waals surface area contributed by atoms with Gasteiger partial charge in [0.25, 0.3) is 0 Å². The van der Waals surface area contributed by atoms with Gasteiger partial charge in [0.2, 0.25) is 5.91 Å². The molecule has 1 aromatic rings. The summed E-state index contributed by atoms with van der Waals surface area (Å²) in [6.45, 7) is 2.39. The number of methoxy groups -OCH3 is 2. The highest BCUT2D eigenvalue weighted by Crippen LogP contribution is 2.43. The molecule has 1 fully saturated rings. The van der Waals surface area contributed by atoms with E-state index in [1.807, 2.05) is 23.1 Å². The Kier molecular flexibility index (Phi) is 4.01. The van der Waals surface area contributed by atoms with Crippen LogP contribution in [-0.2, 0) is 4.79 Å². The summed E-state index contributed by atoms with van der Waals surface area (Å²) in [4.78, 5) is 13.5. The first-order valence-corrected chi connectivity index (χ1v) is 6.83. The van der Waals surface area contributed by atoms with Gasteiger partial charge in [-0.1, -0.05) is 0 Å². The molecule has 0 aromatic heterocycles. The first-order chi connectivity index (χ1) is 8.67. The molecule has 98 valence electrons. The van der Waals surface area contributed by atoms with Crippen molar-refractivity contribution in [3.8, 4) is 11.5 Å². The third-order valence-electron chi connectivity index (χ3n) is 3.00. The number of thioether (sulfide) groups is 1. The fourth-order valence-electron chi connectivity index (χ4n) is 2.08. The SMILES string of the molecule is COc1ccc(OC)c(C2SCCN2C(C)=O)c1. The molecule has 1 saturated heterocycles. The molecule has 1 unspecified atom stereocenters. The Morgan fingerprint density at radius 1 is 1.39 bits per heavy atom. The van der Waals surface area contributed by atoms with Gasteiger partial charge in [0.15, 0.2) is 0 Å². The molecule has 2 rings (SSSR count). The van der Waals surface area contributed by atoms with Gasteiger partial charge in [-0.2, -0.15) is 0 Å². The molecule has 1 heterocycles. The number of rotatable bonds is 3. The standard InChI is InChI=1S/C13H17NO3S/c1-9(15)14-6-7-18-13(14)11-8-10(16-2)4-5-12(11)17-3/h4-5,8,13H,6-7H2,1-3H3. The Hall–Kier alpha value is -1.36. The van der Waals surface area contributed by atoms with Gasteiger partial charge in [0.05, 0.1) is 14.2 Å². The molecule has 0 radical (unpaired) electrons. The number of nitrogens with zero attached hydrogens (tertiary/aromatic N) is 1. The van der Waals surface area contributed by atoms with Crippen molar-refractivity contribution < 1.29 is 14.3 Å². The summed E-state index contributed by atoms with van der Waals surface area (Å²) in [5, 5.41) is 0.0209. The lowest BCUT2D eigenvalue weighted by molar-refractivity contribution is -0.128. The zero-order valence-electron chi connectivity index (χ0n) is 10.8. The average molecular weight is 267 g/mol. The van der Waals surface area contributed by atoms with E-state index in [9.17, 15) is 4.79 Å². The second-order valence-corrected chi connectivity index (χ2v) is 5.23. The largest absolute Gasteiger partial charge is 0.497 e. The van der Waals surface area contributed by atoms with Gasteiger partial charge in [-0.3, -0.25) is 4.79 Å². The molecule has 1 aliphatic heterocycles. The van der Waals surface area contributed by atoms with Crippen molar-refractivity contribution in [3.63, 3.8) is 0 Å². The first-order valence-electron chi connectivity index (χ1n) is 5.78. The summed E-state index contributed by atoms with van der Waals surface area (Å²) < 4.78 is 10.6. The predicted molar refractivity (Wildman–Crippen MR) is 72.1 cm³/mol. The maximum absolute atomic E-state index is 11.6. The van der Waals surface area contributed by atoms with Crippen LogP contribution in [-0.4, -0.2) is 37.3 Å². The number of carbonyl (C=O) groups is 1. The summed E-state index contributed by atoms with van der Waals surface area (Å²) in [6, 6.07) is 5.68. The highest BCUT2D eigenvalue weighted by Gasteiger charge is 2.31. The van der Waals surface area contributed by atoms with Crippen LogP contribution >= 0.6 is 11.8 Å². The predicted octanol–water partition coefficient (Wildman–Crippen LogP) is 2.30. The van der Waals surface area contributed by atoms with Crippen LogP contribution in [0.15, 0.2) is 18.2 Å². The van der Waals surface area contributed by atoms with Gasteiger partial charge in [-0.05, 0) is 18.2 Å². The lowest BCUT2D eigenvalue weighted by atomic mass is 10.1. The summed E-state index contributed by atoms with van der Waals surface area (Å²) in [6.07, 6.45) is 0. The van der Waals surface area contributed by atoms with Gasteiger partial charge in [-0.25, -0.2) is 0 Å². The van der Waals surface area contributed by atoms with Gasteiger partial charge < -0.3 is 14.4 Å². The quantitative estimate of drug-likeness (QED) is 0.842. The van der Waals surface area contributed by atoms with Crippen molar-refractivity contribution in [1.29, 1.82) is 0 Å². The maximum atomic E-state index is 11.6. The number of ether oxygens (including phenoxy) is 2. The topological polar surface area (TPSA) is 38.8 Å². The lowest BCUT2D eigenvalue weighted by Gasteiger charge is -2.24. The monoisotopic (exact) mass is 267 g/mol. The molecule has 1 aromatic carbocycles. The van der Waals surface area contributed by atoms with E-state index >= 15 is 0 Å². The summed E-state index contributed by atoms with van der Waals surface area (Å²) in [7, 11) is 3.28. The van der Waals surface area contributed by atoms with Gasteiger partial charge >= 0.3 is 0 Å². The van der Waals surface area contributed by atoms with Crippen LogP contribution in [0, 0.1) is 0 Å². The lowest BCUT2D eigenvalue weighted by Crippen LogP contribution is -2.28. The highest BCUT2D eigenvalue weighted by atomic mass is 32.2. The van der Waals surface area contributed by atoms with Crippen molar-refractivity contribution in [2.45, 2.75) is 12.3 Å². The Labute approximate surface area is 111 Å². The minimum atomic E-state index is 0.0209. The second kappa shape index (κ2) is 5.52. The molecule has 0 spiro atoms. The van der Waals surface area contributed by atoms with Gasteiger partial charge in [-0.15, -0.1) is 11.8 Å². The Morgan fingerprint density at radius 2 is 2.17 bits per heavy atom. The molecule has 0 bridgehead atoms. The van der Waals surface area contributed by atoms with E-state index in [-0.39, 0.29) is 11.3 Å². The van der Waals surface area contributed by atoms with Crippen LogP contribution < -0.4 is 9.47 Å². The zero-order valence-corrected chi connectivity index (χ0v) is 11.6. The van der Waals surface area contributed by atoms with Crippen molar-refractivity contribution >= 4 is 17.7 Å². The van der Waals surface area contributed by atoms with E-state index in [0.29, 0.717) is 0 Å². The molecule has 1 atom stereocenters. The van der Waals surface area contributed by atoms with Crippen LogP contribution in [0.3, 0.4) is 0 Å². The van der Waals surface area contributed by atoms with E-state index in [2.05, 4.69) is 0 Å². The summed E-state index contributed by atoms with van der Waals surface area (Å²) >= 11 is 1.75. The van der Waals surface area contributed by atoms with Crippen molar-refractivity contribution in [1.82, 2.24) is 4.90 Å². The van der Waals surface area contributed by atoms with Crippen LogP contribution in [0.1, 0.15) is 17.9 Å². The first kappa shape index (κ1) is 13.1. The van der Waals surface area contributed by atoms with Crippen molar-refractivity contribution in [2.75, 3.05) is 26.5 Å². The van der Waals surface area contributed by atoms with Crippen LogP contribution in [0.25, 0.3) is 0 Å². The van der Waals surface area contributed by atoms with Gasteiger partial charge in [0, 0.05) is 24.8 Å². The molecule has 18 heavy (non-hydrogen) atoms. The highest BCUT2D eigenvalue weighted by molar-refractivity contribution is 7.99. The Bertz CT molecular complexity index is 450. The fourth-order valence-corrected chi connectivity index (χ4v) is 3.41. The van der Waals surface area contributed by atoms with Crippen molar-refractivity contribution in [2.24, 2.45) is 0 Å². The van der Waals surface area contributed by atoms with Crippen LogP contribution in [0.2, 0.25) is 0 Å². The zero-order chi connectivity index (χ0) is 13.1. The average Bonchev–Trinajstić information content (AvgIpc) is 2.87. The number of carbonyl (C=O) groups excluding carboxylic acids is 1. The normalized spacial score (nSPS) is 18.8. The molecular weight excluding hydrogens is 250 g/mol. The van der Waals surface area contributed by atoms with Crippen LogP contribution in [0.5, 0.6) is 11.5 Å². The van der Waals surface area contributed by atoms with E-state index in [1.165, 1.54) is 0 Å². The maximum Gasteiger partial charge on any atom is 0.220 e. The fraction of sp³-hybridized carbons (Fsp3) is 0.462. The van der Waals surface area contributed by atoms with E-state index in [1.54, 1.807) is 32.9 Å². The molecule has 1 aliphatic rings. The van der Waals surface area contributed by atoms with Gasteiger partial charge in [0.1, 0.15) is 16.9 Å². The third-order valence-corrected chi connectivity index (χ3v) is 4.24. The summed E-state index contributed by atoms with van der Waals surface area (Å²) in [5.41, 5.74) is 0.995. The molecular formula is C13H17NO3S. The number of hydrogen-bond acceptors (Lipinski definition) is 4. The third kappa shape index (κ3) is 2.41. The molecule has 1 amide bonds. The van der Waals surface area contributed by atoms with Crippen LogP contribution in [0.4, 0.5) is 0 Å². The Balaban J connectivity index is 2.38. The molecule has 5 heteroatoms. The van der Waals surface area contributed by atoms with Crippen molar-refractivity contribution in [3.05, 3.63) is 23.8 Å². The molecule has 4 nitrogen and oxygen atoms in total. The molecule has 0 saturated carbocycles. The minimum Gasteiger partial charge on any atom is -0.497 e. The molecule has 0 aliphatic carbocycles. The summed E-state index contributed by atoms with van der Waals surface area (Å²) in [5.74, 6) is 2.61. The number of hydrogen-bond donors (Lipinski definition) is 0.